The molecule has 9 heteroatoms. The molecule has 3 heterocycles. The van der Waals surface area contributed by atoms with Gasteiger partial charge in [0.25, 0.3) is 11.8 Å². The maximum atomic E-state index is 13.0. The predicted molar refractivity (Wildman–Crippen MR) is 120 cm³/mol. The molecule has 1 aliphatic carbocycles. The van der Waals surface area contributed by atoms with Crippen LogP contribution in [0.2, 0.25) is 0 Å². The molecule has 33 heavy (non-hydrogen) atoms. The molecule has 9 nitrogen and oxygen atoms in total. The lowest BCUT2D eigenvalue weighted by atomic mass is 9.89. The molecular formula is C24H31N5O4. The fourth-order valence-electron chi connectivity index (χ4n) is 5.58. The standard InChI is InChI=1S/C24H31N5O4/c30-21-8-7-20(22(31)27-21)29-23(32)18-6-1-15(13-19(18)24(29)33)14-26-16-2-4-17(5-3-16)28-11-9-25-10-12-28/h1,6,13,16-17,20,25-26H,2-5,7-12,14H2,(H,27,30,31). The van der Waals surface area contributed by atoms with Gasteiger partial charge >= 0.3 is 0 Å². The molecule has 0 spiro atoms. The van der Waals surface area contributed by atoms with Crippen molar-refractivity contribution >= 4 is 23.6 Å². The van der Waals surface area contributed by atoms with Crippen molar-refractivity contribution in [3.63, 3.8) is 0 Å². The second-order valence-electron chi connectivity index (χ2n) is 9.50. The SMILES string of the molecule is O=C1CCC(N2C(=O)c3ccc(CNC4CCC(N5CCNCC5)CC4)cc3C2=O)C(=O)N1. The fraction of sp³-hybridized carbons (Fsp3) is 0.583. The van der Waals surface area contributed by atoms with Crippen molar-refractivity contribution in [3.8, 4) is 0 Å². The van der Waals surface area contributed by atoms with Gasteiger partial charge in [0, 0.05) is 51.2 Å². The Labute approximate surface area is 193 Å². The molecule has 0 radical (unpaired) electrons. The van der Waals surface area contributed by atoms with Crippen molar-refractivity contribution in [2.24, 2.45) is 0 Å². The van der Waals surface area contributed by atoms with Crippen LogP contribution in [0.25, 0.3) is 0 Å². The Bertz CT molecular complexity index is 966. The lowest BCUT2D eigenvalue weighted by Gasteiger charge is -2.39. The molecule has 4 amide bonds. The average molecular weight is 454 g/mol. The summed E-state index contributed by atoms with van der Waals surface area (Å²) in [5, 5.41) is 9.26. The highest BCUT2D eigenvalue weighted by molar-refractivity contribution is 6.23. The molecule has 3 fully saturated rings. The molecule has 2 saturated heterocycles. The molecule has 1 saturated carbocycles. The number of carbonyl (C=O) groups is 4. The van der Waals surface area contributed by atoms with Crippen LogP contribution < -0.4 is 16.0 Å². The van der Waals surface area contributed by atoms with E-state index in [0.717, 1.165) is 49.5 Å². The summed E-state index contributed by atoms with van der Waals surface area (Å²) in [4.78, 5) is 53.1. The number of nitrogens with zero attached hydrogens (tertiary/aromatic N) is 2. The Morgan fingerprint density at radius 1 is 0.909 bits per heavy atom. The van der Waals surface area contributed by atoms with Crippen LogP contribution in [-0.4, -0.2) is 77.7 Å². The Morgan fingerprint density at radius 3 is 2.36 bits per heavy atom. The minimum absolute atomic E-state index is 0.121. The minimum atomic E-state index is -0.928. The van der Waals surface area contributed by atoms with Crippen LogP contribution in [0.1, 0.15) is 64.8 Å². The van der Waals surface area contributed by atoms with E-state index in [0.29, 0.717) is 29.8 Å². The number of piperidine rings is 1. The molecule has 5 rings (SSSR count). The number of hydrogen-bond donors (Lipinski definition) is 3. The van der Waals surface area contributed by atoms with E-state index < -0.39 is 23.8 Å². The van der Waals surface area contributed by atoms with Gasteiger partial charge in [0.2, 0.25) is 11.8 Å². The van der Waals surface area contributed by atoms with Crippen LogP contribution in [0.4, 0.5) is 0 Å². The van der Waals surface area contributed by atoms with Crippen LogP contribution in [0.3, 0.4) is 0 Å². The number of carbonyl (C=O) groups excluding carboxylic acids is 4. The monoisotopic (exact) mass is 453 g/mol. The lowest BCUT2D eigenvalue weighted by molar-refractivity contribution is -0.136. The van der Waals surface area contributed by atoms with Gasteiger partial charge in [0.05, 0.1) is 11.1 Å². The summed E-state index contributed by atoms with van der Waals surface area (Å²) in [5.41, 5.74) is 1.61. The Morgan fingerprint density at radius 2 is 1.64 bits per heavy atom. The summed E-state index contributed by atoms with van der Waals surface area (Å²) in [5.74, 6) is -1.87. The third-order valence-corrected chi connectivity index (χ3v) is 7.46. The first-order chi connectivity index (χ1) is 16.0. The van der Waals surface area contributed by atoms with Crippen LogP contribution in [0, 0.1) is 0 Å². The Balaban J connectivity index is 1.18. The second-order valence-corrected chi connectivity index (χ2v) is 9.50. The number of hydrogen-bond acceptors (Lipinski definition) is 7. The number of amides is 4. The topological polar surface area (TPSA) is 111 Å². The first-order valence-corrected chi connectivity index (χ1v) is 12.0. The van der Waals surface area contributed by atoms with Crippen molar-refractivity contribution in [1.29, 1.82) is 0 Å². The van der Waals surface area contributed by atoms with Crippen molar-refractivity contribution in [2.45, 2.75) is 63.2 Å². The summed E-state index contributed by atoms with van der Waals surface area (Å²) in [6, 6.07) is 5.53. The predicted octanol–water partition coefficient (Wildman–Crippen LogP) is 0.394. The smallest absolute Gasteiger partial charge is 0.262 e. The van der Waals surface area contributed by atoms with E-state index in [1.807, 2.05) is 6.07 Å². The van der Waals surface area contributed by atoms with Crippen LogP contribution >= 0.6 is 0 Å². The van der Waals surface area contributed by atoms with Gasteiger partial charge in [-0.1, -0.05) is 6.07 Å². The average Bonchev–Trinajstić information content (AvgIpc) is 3.08. The van der Waals surface area contributed by atoms with Crippen molar-refractivity contribution in [1.82, 2.24) is 25.8 Å². The highest BCUT2D eigenvalue weighted by Crippen LogP contribution is 2.29. The van der Waals surface area contributed by atoms with Gasteiger partial charge < -0.3 is 10.6 Å². The van der Waals surface area contributed by atoms with E-state index in [-0.39, 0.29) is 18.7 Å². The quantitative estimate of drug-likeness (QED) is 0.553. The second kappa shape index (κ2) is 9.32. The van der Waals surface area contributed by atoms with Gasteiger partial charge in [-0.2, -0.15) is 0 Å². The number of rotatable bonds is 5. The summed E-state index contributed by atoms with van der Waals surface area (Å²) < 4.78 is 0. The molecule has 3 aliphatic heterocycles. The lowest BCUT2D eigenvalue weighted by Crippen LogP contribution is -2.54. The zero-order valence-corrected chi connectivity index (χ0v) is 18.8. The molecule has 0 aromatic heterocycles. The first-order valence-electron chi connectivity index (χ1n) is 12.0. The Hall–Kier alpha value is -2.62. The number of imide groups is 2. The Kier molecular flexibility index (Phi) is 6.27. The normalized spacial score (nSPS) is 28.7. The molecule has 1 aromatic rings. The zero-order valence-electron chi connectivity index (χ0n) is 18.8. The number of nitrogens with one attached hydrogen (secondary N) is 3. The molecule has 1 atom stereocenters. The van der Waals surface area contributed by atoms with Crippen molar-refractivity contribution in [3.05, 3.63) is 34.9 Å². The van der Waals surface area contributed by atoms with Gasteiger partial charge in [0.15, 0.2) is 0 Å². The van der Waals surface area contributed by atoms with Crippen LogP contribution in [0.5, 0.6) is 0 Å². The van der Waals surface area contributed by atoms with E-state index in [9.17, 15) is 19.2 Å². The minimum Gasteiger partial charge on any atom is -0.314 e. The van der Waals surface area contributed by atoms with Crippen LogP contribution in [-0.2, 0) is 16.1 Å². The maximum Gasteiger partial charge on any atom is 0.262 e. The van der Waals surface area contributed by atoms with Gasteiger partial charge in [-0.25, -0.2) is 0 Å². The summed E-state index contributed by atoms with van der Waals surface area (Å²) in [7, 11) is 0. The van der Waals surface area contributed by atoms with E-state index in [2.05, 4.69) is 20.9 Å². The molecule has 4 aliphatic rings. The van der Waals surface area contributed by atoms with Gasteiger partial charge in [-0.15, -0.1) is 0 Å². The van der Waals surface area contributed by atoms with Crippen molar-refractivity contribution < 1.29 is 19.2 Å². The summed E-state index contributed by atoms with van der Waals surface area (Å²) in [6.45, 7) is 5.08. The number of benzene rings is 1. The molecular weight excluding hydrogens is 422 g/mol. The fourth-order valence-corrected chi connectivity index (χ4v) is 5.58. The first kappa shape index (κ1) is 22.2. The van der Waals surface area contributed by atoms with Gasteiger partial charge in [0.1, 0.15) is 6.04 Å². The third kappa shape index (κ3) is 4.45. The molecule has 0 bridgehead atoms. The maximum absolute atomic E-state index is 13.0. The number of fused-ring (bicyclic) bond motifs is 1. The largest absolute Gasteiger partial charge is 0.314 e. The molecule has 3 N–H and O–H groups in total. The molecule has 1 aromatic carbocycles. The van der Waals surface area contributed by atoms with Gasteiger partial charge in [-0.05, 0) is 49.8 Å². The van der Waals surface area contributed by atoms with Crippen molar-refractivity contribution in [2.75, 3.05) is 26.2 Å². The highest BCUT2D eigenvalue weighted by Gasteiger charge is 2.44. The van der Waals surface area contributed by atoms with Crippen LogP contribution in [0.15, 0.2) is 18.2 Å². The zero-order chi connectivity index (χ0) is 22.9. The third-order valence-electron chi connectivity index (χ3n) is 7.46. The van der Waals surface area contributed by atoms with E-state index in [1.165, 1.54) is 12.8 Å². The number of piperazine rings is 1. The summed E-state index contributed by atoms with van der Waals surface area (Å²) in [6.07, 6.45) is 4.98. The molecule has 176 valence electrons. The van der Waals surface area contributed by atoms with Gasteiger partial charge in [-0.3, -0.25) is 34.3 Å². The highest BCUT2D eigenvalue weighted by atomic mass is 16.2. The molecule has 1 unspecified atom stereocenters. The van der Waals surface area contributed by atoms with E-state index in [4.69, 9.17) is 0 Å². The van der Waals surface area contributed by atoms with E-state index in [1.54, 1.807) is 12.1 Å². The van der Waals surface area contributed by atoms with E-state index >= 15 is 0 Å². The summed E-state index contributed by atoms with van der Waals surface area (Å²) >= 11 is 0.